The summed E-state index contributed by atoms with van der Waals surface area (Å²) in [6.45, 7) is 17.0. The van der Waals surface area contributed by atoms with Gasteiger partial charge >= 0.3 is 5.97 Å². The lowest BCUT2D eigenvalue weighted by molar-refractivity contribution is -0.147. The number of nitrogens with one attached hydrogen (secondary N) is 1. The molecule has 2 bridgehead atoms. The van der Waals surface area contributed by atoms with Gasteiger partial charge in [0.1, 0.15) is 18.2 Å². The van der Waals surface area contributed by atoms with Crippen molar-refractivity contribution in [1.82, 2.24) is 10.2 Å². The number of hydrogen-bond acceptors (Lipinski definition) is 8. The first-order valence-electron chi connectivity index (χ1n) is 18.6. The number of aliphatic hydroxyl groups excluding tert-OH is 1. The number of likely N-dealkylation sites (tertiary alicyclic amines) is 1. The van der Waals surface area contributed by atoms with Gasteiger partial charge in [-0.05, 0) is 68.9 Å². The number of hydrogen-bond donors (Lipinski definition) is 2. The highest BCUT2D eigenvalue weighted by molar-refractivity contribution is 6.05. The molecule has 0 aliphatic carbocycles. The van der Waals surface area contributed by atoms with Crippen LogP contribution in [0.5, 0.6) is 0 Å². The average molecular weight is 715 g/mol. The van der Waals surface area contributed by atoms with E-state index in [0.717, 1.165) is 24.3 Å². The molecule has 3 fully saturated rings. The van der Waals surface area contributed by atoms with Crippen molar-refractivity contribution in [2.75, 3.05) is 42.6 Å². The zero-order chi connectivity index (χ0) is 37.6. The Kier molecular flexibility index (Phi) is 12.6. The van der Waals surface area contributed by atoms with Crippen molar-refractivity contribution >= 4 is 35.1 Å². The summed E-state index contributed by atoms with van der Waals surface area (Å²) in [5.74, 6) is -3.57. The number of allylic oxidation sites excluding steroid dienone is 1. The lowest BCUT2D eigenvalue weighted by atomic mass is 9.70. The number of aliphatic hydroxyl groups is 1. The Hall–Kier alpha value is -4.48. The van der Waals surface area contributed by atoms with Crippen LogP contribution in [0.15, 0.2) is 79.9 Å². The molecule has 0 saturated carbocycles. The molecule has 0 unspecified atom stereocenters. The lowest BCUT2D eigenvalue weighted by Gasteiger charge is -2.40. The maximum absolute atomic E-state index is 15.0. The van der Waals surface area contributed by atoms with E-state index in [-0.39, 0.29) is 43.9 Å². The van der Waals surface area contributed by atoms with Crippen LogP contribution in [-0.2, 0) is 28.7 Å². The van der Waals surface area contributed by atoms with E-state index in [1.807, 2.05) is 68.4 Å². The predicted octanol–water partition coefficient (Wildman–Crippen LogP) is 4.81. The number of rotatable bonds is 18. The van der Waals surface area contributed by atoms with Crippen molar-refractivity contribution < 1.29 is 33.8 Å². The average Bonchev–Trinajstić information content (AvgIpc) is 3.80. The van der Waals surface area contributed by atoms with Gasteiger partial charge in [-0.25, -0.2) is 0 Å². The molecule has 11 nitrogen and oxygen atoms in total. The van der Waals surface area contributed by atoms with Gasteiger partial charge in [-0.1, -0.05) is 56.3 Å². The number of carbonyl (C=O) groups excluding carboxylic acids is 4. The molecule has 7 atom stereocenters. The number of esters is 1. The molecule has 3 aliphatic heterocycles. The topological polar surface area (TPSA) is 129 Å². The Balaban J connectivity index is 1.49. The third-order valence-electron chi connectivity index (χ3n) is 10.9. The third-order valence-corrected chi connectivity index (χ3v) is 10.9. The lowest BCUT2D eigenvalue weighted by Crippen LogP contribution is -2.59. The van der Waals surface area contributed by atoms with Crippen molar-refractivity contribution in [3.63, 3.8) is 0 Å². The Morgan fingerprint density at radius 2 is 1.73 bits per heavy atom. The van der Waals surface area contributed by atoms with Crippen LogP contribution < -0.4 is 15.1 Å². The summed E-state index contributed by atoms with van der Waals surface area (Å²) in [7, 11) is 0. The highest BCUT2D eigenvalue weighted by Crippen LogP contribution is 2.59. The molecular formula is C41H54N4O7. The van der Waals surface area contributed by atoms with E-state index in [2.05, 4.69) is 37.2 Å². The molecule has 280 valence electrons. The summed E-state index contributed by atoms with van der Waals surface area (Å²) in [6, 6.07) is 14.5. The monoisotopic (exact) mass is 714 g/mol. The molecule has 11 heteroatoms. The van der Waals surface area contributed by atoms with Crippen LogP contribution in [0.3, 0.4) is 0 Å². The first-order chi connectivity index (χ1) is 25.1. The van der Waals surface area contributed by atoms with Crippen LogP contribution in [0.2, 0.25) is 0 Å². The van der Waals surface area contributed by atoms with Crippen LogP contribution in [0.4, 0.5) is 11.4 Å². The quantitative estimate of drug-likeness (QED) is 0.166. The van der Waals surface area contributed by atoms with Crippen LogP contribution in [0.25, 0.3) is 0 Å². The number of amides is 3. The van der Waals surface area contributed by atoms with E-state index in [0.29, 0.717) is 24.9 Å². The second kappa shape index (κ2) is 16.9. The summed E-state index contributed by atoms with van der Waals surface area (Å²) < 4.78 is 12.3. The molecule has 3 amide bonds. The third kappa shape index (κ3) is 7.39. The van der Waals surface area contributed by atoms with Crippen LogP contribution in [0, 0.1) is 17.8 Å². The maximum Gasteiger partial charge on any atom is 0.306 e. The molecule has 3 heterocycles. The number of ether oxygens (including phenoxy) is 2. The first-order valence-corrected chi connectivity index (χ1v) is 18.6. The normalized spacial score (nSPS) is 24.3. The molecule has 2 N–H and O–H groups in total. The largest absolute Gasteiger partial charge is 0.463 e. The number of benzene rings is 2. The van der Waals surface area contributed by atoms with E-state index < -0.39 is 53.5 Å². The second-order valence-corrected chi connectivity index (χ2v) is 14.2. The highest BCUT2D eigenvalue weighted by Gasteiger charge is 2.75. The van der Waals surface area contributed by atoms with Crippen LogP contribution in [-0.4, -0.2) is 90.3 Å². The molecule has 0 radical (unpaired) electrons. The minimum Gasteiger partial charge on any atom is -0.463 e. The van der Waals surface area contributed by atoms with Crippen molar-refractivity contribution in [3.8, 4) is 0 Å². The van der Waals surface area contributed by atoms with Gasteiger partial charge in [0.15, 0.2) is 0 Å². The van der Waals surface area contributed by atoms with E-state index in [4.69, 9.17) is 9.47 Å². The molecule has 3 aliphatic rings. The fraction of sp³-hybridized carbons (Fsp3) is 0.512. The first kappa shape index (κ1) is 38.7. The Labute approximate surface area is 307 Å². The minimum absolute atomic E-state index is 0.0928. The minimum atomic E-state index is -1.27. The summed E-state index contributed by atoms with van der Waals surface area (Å²) >= 11 is 0. The SMILES string of the molecule is C=CCCC(=O)OC[C@H](NC(=O)[C@@H]1[C@H]2C(=O)N([C@@H](CO)C(C)C)[C@H](C(=O)N(CC=C)c3ccc(N(CC)CC)cc3)[C@]23CC[C@H]1O3)c1ccccc1. The van der Waals surface area contributed by atoms with Gasteiger partial charge in [0.05, 0.1) is 36.6 Å². The molecule has 52 heavy (non-hydrogen) atoms. The standard InChI is InChI=1S/C41H54N4O7/c1-7-11-17-34(47)51-26-31(28-15-13-12-14-16-28)42-38(48)35-33-22-23-41(52-33)36(35)39(49)45(32(25-46)27(5)6)37(41)40(50)44(24-8-2)30-20-18-29(19-21-30)43(9-3)10-4/h7-8,12-16,18-21,27,31-33,35-37,46H,1-2,9-11,17,22-26H2,3-6H3,(H,42,48)/t31-,32-,33+,35-,36-,37+,41-/m0/s1. The number of carbonyl (C=O) groups is 4. The fourth-order valence-corrected chi connectivity index (χ4v) is 8.32. The van der Waals surface area contributed by atoms with Gasteiger partial charge in [0.2, 0.25) is 11.8 Å². The summed E-state index contributed by atoms with van der Waals surface area (Å²) in [5, 5.41) is 13.7. The van der Waals surface area contributed by atoms with Crippen molar-refractivity contribution in [2.45, 2.75) is 83.2 Å². The number of anilines is 2. The van der Waals surface area contributed by atoms with E-state index >= 15 is 4.79 Å². The van der Waals surface area contributed by atoms with E-state index in [9.17, 15) is 19.5 Å². The zero-order valence-corrected chi connectivity index (χ0v) is 30.9. The summed E-state index contributed by atoms with van der Waals surface area (Å²) in [6.07, 6.45) is 4.24. The van der Waals surface area contributed by atoms with Gasteiger partial charge in [-0.2, -0.15) is 0 Å². The molecule has 1 spiro atoms. The Bertz CT molecular complexity index is 1590. The predicted molar refractivity (Wildman–Crippen MR) is 200 cm³/mol. The van der Waals surface area contributed by atoms with Crippen molar-refractivity contribution in [1.29, 1.82) is 0 Å². The molecule has 0 aromatic heterocycles. The van der Waals surface area contributed by atoms with Gasteiger partial charge in [0, 0.05) is 37.4 Å². The molecule has 2 aromatic carbocycles. The zero-order valence-electron chi connectivity index (χ0n) is 30.9. The van der Waals surface area contributed by atoms with Gasteiger partial charge in [-0.15, -0.1) is 13.2 Å². The molecule has 3 saturated heterocycles. The Morgan fingerprint density at radius 3 is 2.33 bits per heavy atom. The highest BCUT2D eigenvalue weighted by atomic mass is 16.5. The fourth-order valence-electron chi connectivity index (χ4n) is 8.32. The van der Waals surface area contributed by atoms with E-state index in [1.165, 1.54) is 4.90 Å². The van der Waals surface area contributed by atoms with Gasteiger partial charge in [0.25, 0.3) is 5.91 Å². The molecule has 5 rings (SSSR count). The molecule has 2 aromatic rings. The van der Waals surface area contributed by atoms with Gasteiger partial charge in [-0.3, -0.25) is 19.2 Å². The van der Waals surface area contributed by atoms with E-state index in [1.54, 1.807) is 17.1 Å². The smallest absolute Gasteiger partial charge is 0.306 e. The van der Waals surface area contributed by atoms with Crippen LogP contribution in [0.1, 0.15) is 65.0 Å². The second-order valence-electron chi connectivity index (χ2n) is 14.2. The number of nitrogens with zero attached hydrogens (tertiary/aromatic N) is 3. The van der Waals surface area contributed by atoms with Crippen LogP contribution >= 0.6 is 0 Å². The molecular weight excluding hydrogens is 660 g/mol. The Morgan fingerprint density at radius 1 is 1.06 bits per heavy atom. The number of fused-ring (bicyclic) bond motifs is 1. The van der Waals surface area contributed by atoms with Crippen molar-refractivity contribution in [3.05, 3.63) is 85.5 Å². The van der Waals surface area contributed by atoms with Gasteiger partial charge < -0.3 is 34.6 Å². The summed E-state index contributed by atoms with van der Waals surface area (Å²) in [5.41, 5.74) is 1.14. The maximum atomic E-state index is 15.0. The summed E-state index contributed by atoms with van der Waals surface area (Å²) in [4.78, 5) is 61.9. The van der Waals surface area contributed by atoms with Crippen molar-refractivity contribution in [2.24, 2.45) is 17.8 Å².